The van der Waals surface area contributed by atoms with Gasteiger partial charge < -0.3 is 0 Å². The largest absolute Gasteiger partial charge is 0.227 e. The number of thioether (sulfide) groups is 1. The predicted octanol–water partition coefficient (Wildman–Crippen LogP) is 2.98. The Morgan fingerprint density at radius 2 is 2.21 bits per heavy atom. The Labute approximate surface area is 93.5 Å². The lowest BCUT2D eigenvalue weighted by Gasteiger charge is -2.21. The molecule has 1 aromatic heterocycles. The van der Waals surface area contributed by atoms with Crippen LogP contribution in [0.2, 0.25) is 5.15 Å². The second kappa shape index (κ2) is 4.07. The Kier molecular flexibility index (Phi) is 2.98. The van der Waals surface area contributed by atoms with Crippen LogP contribution in [0.3, 0.4) is 0 Å². The van der Waals surface area contributed by atoms with Crippen molar-refractivity contribution in [1.29, 1.82) is 0 Å². The Morgan fingerprint density at radius 1 is 1.43 bits per heavy atom. The van der Waals surface area contributed by atoms with Crippen molar-refractivity contribution in [1.82, 2.24) is 9.97 Å². The molecule has 2 rings (SSSR count). The molecule has 0 aliphatic heterocycles. The summed E-state index contributed by atoms with van der Waals surface area (Å²) in [6.07, 6.45) is 5.26. The molecule has 76 valence electrons. The summed E-state index contributed by atoms with van der Waals surface area (Å²) in [5.41, 5.74) is 2.33. The van der Waals surface area contributed by atoms with Crippen LogP contribution in [0.5, 0.6) is 0 Å². The van der Waals surface area contributed by atoms with E-state index in [-0.39, 0.29) is 0 Å². The Balaban J connectivity index is 2.43. The SMILES string of the molecule is CSc1nc(Cl)c2c(n1)CC(C)CC2. The molecule has 0 amide bonds. The minimum absolute atomic E-state index is 0.659. The zero-order valence-corrected chi connectivity index (χ0v) is 9.95. The van der Waals surface area contributed by atoms with Crippen LogP contribution in [-0.4, -0.2) is 16.2 Å². The summed E-state index contributed by atoms with van der Waals surface area (Å²) in [7, 11) is 0. The van der Waals surface area contributed by atoms with Crippen molar-refractivity contribution >= 4 is 23.4 Å². The van der Waals surface area contributed by atoms with Gasteiger partial charge in [0.05, 0.1) is 0 Å². The molecule has 0 aromatic carbocycles. The topological polar surface area (TPSA) is 25.8 Å². The molecular formula is C10H13ClN2S. The highest BCUT2D eigenvalue weighted by molar-refractivity contribution is 7.98. The third-order valence-corrected chi connectivity index (χ3v) is 3.49. The van der Waals surface area contributed by atoms with Gasteiger partial charge in [-0.2, -0.15) is 0 Å². The van der Waals surface area contributed by atoms with Crippen LogP contribution in [0, 0.1) is 5.92 Å². The van der Waals surface area contributed by atoms with Gasteiger partial charge in [0.15, 0.2) is 5.16 Å². The summed E-state index contributed by atoms with van der Waals surface area (Å²) in [5.74, 6) is 0.725. The van der Waals surface area contributed by atoms with Gasteiger partial charge in [-0.05, 0) is 31.4 Å². The minimum Gasteiger partial charge on any atom is -0.227 e. The van der Waals surface area contributed by atoms with E-state index in [2.05, 4.69) is 16.9 Å². The first-order valence-corrected chi connectivity index (χ1v) is 6.40. The van der Waals surface area contributed by atoms with E-state index in [1.54, 1.807) is 11.8 Å². The van der Waals surface area contributed by atoms with Crippen molar-refractivity contribution < 1.29 is 0 Å². The average molecular weight is 229 g/mol. The molecule has 1 atom stereocenters. The first-order chi connectivity index (χ1) is 6.70. The molecule has 4 heteroatoms. The third kappa shape index (κ3) is 1.89. The summed E-state index contributed by atoms with van der Waals surface area (Å²) < 4.78 is 0. The zero-order valence-electron chi connectivity index (χ0n) is 8.38. The van der Waals surface area contributed by atoms with Crippen LogP contribution in [0.1, 0.15) is 24.6 Å². The molecule has 0 radical (unpaired) electrons. The smallest absolute Gasteiger partial charge is 0.188 e. The summed E-state index contributed by atoms with van der Waals surface area (Å²) in [5, 5.41) is 1.45. The molecule has 0 bridgehead atoms. The van der Waals surface area contributed by atoms with Gasteiger partial charge in [-0.3, -0.25) is 0 Å². The van der Waals surface area contributed by atoms with Crippen molar-refractivity contribution in [3.05, 3.63) is 16.4 Å². The van der Waals surface area contributed by atoms with Crippen LogP contribution in [-0.2, 0) is 12.8 Å². The molecule has 1 aliphatic rings. The highest BCUT2D eigenvalue weighted by Gasteiger charge is 2.20. The van der Waals surface area contributed by atoms with Crippen LogP contribution >= 0.6 is 23.4 Å². The standard InChI is InChI=1S/C10H13ClN2S/c1-6-3-4-7-8(5-6)12-10(14-2)13-9(7)11/h6H,3-5H2,1-2H3. The van der Waals surface area contributed by atoms with E-state index in [0.717, 1.165) is 29.6 Å². The van der Waals surface area contributed by atoms with Gasteiger partial charge >= 0.3 is 0 Å². The van der Waals surface area contributed by atoms with Crippen molar-refractivity contribution in [2.75, 3.05) is 6.26 Å². The Hall–Kier alpha value is -0.280. The number of halogens is 1. The first-order valence-electron chi connectivity index (χ1n) is 4.80. The van der Waals surface area contributed by atoms with Gasteiger partial charge in [0.2, 0.25) is 0 Å². The van der Waals surface area contributed by atoms with E-state index < -0.39 is 0 Å². The number of hydrogen-bond acceptors (Lipinski definition) is 3. The molecule has 1 unspecified atom stereocenters. The fraction of sp³-hybridized carbons (Fsp3) is 0.600. The molecule has 0 fully saturated rings. The van der Waals surface area contributed by atoms with Crippen LogP contribution in [0.15, 0.2) is 5.16 Å². The summed E-state index contributed by atoms with van der Waals surface area (Å²) in [6, 6.07) is 0. The molecule has 0 spiro atoms. The number of rotatable bonds is 1. The van der Waals surface area contributed by atoms with E-state index in [1.165, 1.54) is 12.0 Å². The second-order valence-corrected chi connectivity index (χ2v) is 4.91. The summed E-state index contributed by atoms with van der Waals surface area (Å²) >= 11 is 7.66. The fourth-order valence-electron chi connectivity index (χ4n) is 1.81. The van der Waals surface area contributed by atoms with Gasteiger partial charge in [-0.1, -0.05) is 30.3 Å². The molecule has 1 heterocycles. The molecule has 1 aliphatic carbocycles. The highest BCUT2D eigenvalue weighted by atomic mass is 35.5. The van der Waals surface area contributed by atoms with E-state index in [1.807, 2.05) is 6.26 Å². The van der Waals surface area contributed by atoms with Crippen molar-refractivity contribution in [2.24, 2.45) is 5.92 Å². The zero-order chi connectivity index (χ0) is 10.1. The maximum absolute atomic E-state index is 6.11. The summed E-state index contributed by atoms with van der Waals surface area (Å²) in [4.78, 5) is 8.76. The first kappa shape index (κ1) is 10.2. The fourth-order valence-corrected chi connectivity index (χ4v) is 2.53. The molecule has 2 nitrogen and oxygen atoms in total. The Bertz CT molecular complexity index is 354. The molecule has 1 aromatic rings. The quantitative estimate of drug-likeness (QED) is 0.420. The minimum atomic E-state index is 0.659. The Morgan fingerprint density at radius 3 is 2.93 bits per heavy atom. The normalized spacial score (nSPS) is 20.6. The number of fused-ring (bicyclic) bond motifs is 1. The van der Waals surface area contributed by atoms with Crippen molar-refractivity contribution in [3.8, 4) is 0 Å². The van der Waals surface area contributed by atoms with E-state index in [0.29, 0.717) is 5.15 Å². The third-order valence-electron chi connectivity index (χ3n) is 2.63. The number of aromatic nitrogens is 2. The van der Waals surface area contributed by atoms with E-state index in [4.69, 9.17) is 11.6 Å². The van der Waals surface area contributed by atoms with Gasteiger partial charge in [0.1, 0.15) is 5.15 Å². The van der Waals surface area contributed by atoms with Gasteiger partial charge in [-0.15, -0.1) is 0 Å². The maximum Gasteiger partial charge on any atom is 0.188 e. The predicted molar refractivity (Wildman–Crippen MR) is 60.0 cm³/mol. The van der Waals surface area contributed by atoms with Crippen molar-refractivity contribution in [2.45, 2.75) is 31.3 Å². The molecule has 0 N–H and O–H groups in total. The maximum atomic E-state index is 6.11. The lowest BCUT2D eigenvalue weighted by Crippen LogP contribution is -2.14. The lowest BCUT2D eigenvalue weighted by atomic mass is 9.89. The highest BCUT2D eigenvalue weighted by Crippen LogP contribution is 2.29. The summed E-state index contributed by atoms with van der Waals surface area (Å²) in [6.45, 7) is 2.26. The molecule has 0 saturated heterocycles. The average Bonchev–Trinajstić information content (AvgIpc) is 2.16. The van der Waals surface area contributed by atoms with Crippen LogP contribution in [0.4, 0.5) is 0 Å². The van der Waals surface area contributed by atoms with E-state index in [9.17, 15) is 0 Å². The monoisotopic (exact) mass is 228 g/mol. The molecule has 0 saturated carbocycles. The van der Waals surface area contributed by atoms with Gasteiger partial charge in [0, 0.05) is 11.3 Å². The van der Waals surface area contributed by atoms with Gasteiger partial charge in [-0.25, -0.2) is 9.97 Å². The van der Waals surface area contributed by atoms with E-state index >= 15 is 0 Å². The lowest BCUT2D eigenvalue weighted by molar-refractivity contribution is 0.486. The van der Waals surface area contributed by atoms with Crippen molar-refractivity contribution in [3.63, 3.8) is 0 Å². The molecule has 14 heavy (non-hydrogen) atoms. The number of hydrogen-bond donors (Lipinski definition) is 0. The van der Waals surface area contributed by atoms with Crippen LogP contribution in [0.25, 0.3) is 0 Å². The second-order valence-electron chi connectivity index (χ2n) is 3.77. The van der Waals surface area contributed by atoms with Crippen LogP contribution < -0.4 is 0 Å². The van der Waals surface area contributed by atoms with Gasteiger partial charge in [0.25, 0.3) is 0 Å². The molecular weight excluding hydrogens is 216 g/mol. The number of nitrogens with zero attached hydrogens (tertiary/aromatic N) is 2.